The monoisotopic (exact) mass is 245 g/mol. The van der Waals surface area contributed by atoms with Crippen LogP contribution < -0.4 is 11.1 Å². The molecule has 5 nitrogen and oxygen atoms in total. The van der Waals surface area contributed by atoms with E-state index in [2.05, 4.69) is 40.5 Å². The summed E-state index contributed by atoms with van der Waals surface area (Å²) in [7, 11) is 0. The topological polar surface area (TPSA) is 91.4 Å². The number of thiocarbonyl (C=S) groups is 2. The van der Waals surface area contributed by atoms with E-state index in [1.165, 1.54) is 0 Å². The Bertz CT molecular complexity index is 315. The first-order chi connectivity index (χ1) is 7.02. The lowest BCUT2D eigenvalue weighted by atomic mass is 10.3. The summed E-state index contributed by atoms with van der Waals surface area (Å²) in [5.41, 5.74) is 5.39. The fourth-order valence-corrected chi connectivity index (χ4v) is 0.753. The van der Waals surface area contributed by atoms with Crippen molar-refractivity contribution < 1.29 is 10.2 Å². The summed E-state index contributed by atoms with van der Waals surface area (Å²) in [4.78, 5) is 3.90. The average molecular weight is 245 g/mol. The lowest BCUT2D eigenvalue weighted by molar-refractivity contribution is 0.530. The van der Waals surface area contributed by atoms with Gasteiger partial charge >= 0.3 is 0 Å². The SMILES string of the molecule is NC(O)=S.OC(=S)NCc1cccnc1. The van der Waals surface area contributed by atoms with Gasteiger partial charge in [-0.1, -0.05) is 6.07 Å². The molecule has 7 heteroatoms. The lowest BCUT2D eigenvalue weighted by Crippen LogP contribution is -2.19. The Kier molecular flexibility index (Phi) is 7.12. The van der Waals surface area contributed by atoms with Gasteiger partial charge in [-0.25, -0.2) is 0 Å². The van der Waals surface area contributed by atoms with Gasteiger partial charge < -0.3 is 21.3 Å². The molecule has 0 saturated heterocycles. The van der Waals surface area contributed by atoms with Crippen LogP contribution in [0.2, 0.25) is 0 Å². The van der Waals surface area contributed by atoms with Crippen LogP contribution in [-0.4, -0.2) is 25.5 Å². The van der Waals surface area contributed by atoms with Crippen LogP contribution in [0, 0.1) is 0 Å². The van der Waals surface area contributed by atoms with Crippen LogP contribution in [-0.2, 0) is 6.54 Å². The van der Waals surface area contributed by atoms with E-state index in [0.717, 1.165) is 5.56 Å². The standard InChI is InChI=1S/C7H8N2OS.CH3NOS/c10-7(11)9-5-6-2-1-3-8-4-6;2-1(3)4/h1-4H,5H2,(H2,9,10,11);(H3,2,3,4). The smallest absolute Gasteiger partial charge is 0.254 e. The Morgan fingerprint density at radius 3 is 2.47 bits per heavy atom. The molecule has 0 aliphatic heterocycles. The minimum Gasteiger partial charge on any atom is -0.487 e. The number of nitrogens with one attached hydrogen (secondary N) is 1. The summed E-state index contributed by atoms with van der Waals surface area (Å²) < 4.78 is 0. The number of aliphatic hydroxyl groups is 2. The molecule has 0 atom stereocenters. The van der Waals surface area contributed by atoms with Crippen molar-refractivity contribution in [2.75, 3.05) is 0 Å². The van der Waals surface area contributed by atoms with E-state index in [0.29, 0.717) is 6.54 Å². The van der Waals surface area contributed by atoms with Crippen LogP contribution >= 0.6 is 24.4 Å². The summed E-state index contributed by atoms with van der Waals surface area (Å²) in [6.45, 7) is 0.517. The predicted molar refractivity (Wildman–Crippen MR) is 65.7 cm³/mol. The van der Waals surface area contributed by atoms with E-state index >= 15 is 0 Å². The molecule has 5 N–H and O–H groups in total. The lowest BCUT2D eigenvalue weighted by Gasteiger charge is -2.00. The molecule has 0 radical (unpaired) electrons. The second-order valence-electron chi connectivity index (χ2n) is 2.36. The Balaban J connectivity index is 0.000000423. The van der Waals surface area contributed by atoms with Gasteiger partial charge in [-0.15, -0.1) is 0 Å². The minimum absolute atomic E-state index is 0.186. The molecule has 1 heterocycles. The molecule has 1 aromatic heterocycles. The van der Waals surface area contributed by atoms with Gasteiger partial charge in [0.15, 0.2) is 0 Å². The highest BCUT2D eigenvalue weighted by atomic mass is 32.1. The number of nitrogens with two attached hydrogens (primary N) is 1. The van der Waals surface area contributed by atoms with Gasteiger partial charge in [0, 0.05) is 18.9 Å². The molecular weight excluding hydrogens is 234 g/mol. The van der Waals surface area contributed by atoms with E-state index in [9.17, 15) is 0 Å². The quantitative estimate of drug-likeness (QED) is 0.573. The Morgan fingerprint density at radius 2 is 2.07 bits per heavy atom. The molecule has 0 aromatic carbocycles. The molecule has 0 unspecified atom stereocenters. The molecule has 0 amide bonds. The van der Waals surface area contributed by atoms with Crippen molar-refractivity contribution >= 4 is 34.8 Å². The Labute approximate surface area is 97.9 Å². The van der Waals surface area contributed by atoms with Crippen LogP contribution in [0.1, 0.15) is 5.56 Å². The Morgan fingerprint density at radius 1 is 1.47 bits per heavy atom. The van der Waals surface area contributed by atoms with Gasteiger partial charge in [0.05, 0.1) is 0 Å². The van der Waals surface area contributed by atoms with E-state index < -0.39 is 5.17 Å². The number of hydrogen-bond acceptors (Lipinski definition) is 3. The maximum atomic E-state index is 8.61. The number of rotatable bonds is 2. The highest BCUT2D eigenvalue weighted by Gasteiger charge is 1.91. The molecule has 1 aromatic rings. The largest absolute Gasteiger partial charge is 0.487 e. The maximum Gasteiger partial charge on any atom is 0.254 e. The number of pyridine rings is 1. The van der Waals surface area contributed by atoms with Crippen molar-refractivity contribution in [3.05, 3.63) is 30.1 Å². The summed E-state index contributed by atoms with van der Waals surface area (Å²) in [5, 5.41) is 18.1. The van der Waals surface area contributed by atoms with Crippen molar-refractivity contribution in [2.45, 2.75) is 6.54 Å². The first kappa shape index (κ1) is 13.5. The summed E-state index contributed by atoms with van der Waals surface area (Å²) in [5.74, 6) is 0. The van der Waals surface area contributed by atoms with Crippen LogP contribution in [0.4, 0.5) is 0 Å². The highest BCUT2D eigenvalue weighted by molar-refractivity contribution is 7.80. The average Bonchev–Trinajstić information content (AvgIpc) is 2.15. The summed E-state index contributed by atoms with van der Waals surface area (Å²) >= 11 is 8.29. The van der Waals surface area contributed by atoms with Crippen molar-refractivity contribution in [3.8, 4) is 0 Å². The van der Waals surface area contributed by atoms with E-state index in [1.54, 1.807) is 12.4 Å². The fourth-order valence-electron chi connectivity index (χ4n) is 0.680. The fraction of sp³-hybridized carbons (Fsp3) is 0.125. The van der Waals surface area contributed by atoms with Gasteiger partial charge in [0.2, 0.25) is 0 Å². The highest BCUT2D eigenvalue weighted by Crippen LogP contribution is 1.93. The van der Waals surface area contributed by atoms with Gasteiger partial charge in [-0.2, -0.15) is 0 Å². The second-order valence-corrected chi connectivity index (χ2v) is 3.16. The molecule has 1 rings (SSSR count). The van der Waals surface area contributed by atoms with E-state index in [-0.39, 0.29) is 5.17 Å². The summed E-state index contributed by atoms with van der Waals surface area (Å²) in [6.07, 6.45) is 3.41. The zero-order valence-electron chi connectivity index (χ0n) is 7.75. The molecular formula is C8H11N3O2S2. The zero-order valence-corrected chi connectivity index (χ0v) is 9.38. The van der Waals surface area contributed by atoms with Gasteiger partial charge in [0.1, 0.15) is 0 Å². The van der Waals surface area contributed by atoms with Crippen molar-refractivity contribution in [2.24, 2.45) is 5.73 Å². The Hall–Kier alpha value is -1.47. The number of hydrogen-bond donors (Lipinski definition) is 4. The molecule has 15 heavy (non-hydrogen) atoms. The van der Waals surface area contributed by atoms with Crippen LogP contribution in [0.15, 0.2) is 24.5 Å². The van der Waals surface area contributed by atoms with Gasteiger partial charge in [0.25, 0.3) is 10.3 Å². The second kappa shape index (κ2) is 7.89. The summed E-state index contributed by atoms with van der Waals surface area (Å²) in [6, 6.07) is 3.73. The first-order valence-corrected chi connectivity index (χ1v) is 4.68. The molecule has 0 bridgehead atoms. The molecule has 0 spiro atoms. The van der Waals surface area contributed by atoms with Gasteiger partial charge in [-0.3, -0.25) is 4.98 Å². The van der Waals surface area contributed by atoms with Gasteiger partial charge in [-0.05, 0) is 36.1 Å². The number of aromatic nitrogens is 1. The third-order valence-corrected chi connectivity index (χ3v) is 1.31. The molecule has 82 valence electrons. The third kappa shape index (κ3) is 10.5. The molecule has 0 fully saturated rings. The van der Waals surface area contributed by atoms with E-state index in [1.807, 2.05) is 12.1 Å². The predicted octanol–water partition coefficient (Wildman–Crippen LogP) is 0.802. The van der Waals surface area contributed by atoms with Crippen molar-refractivity contribution in [1.29, 1.82) is 0 Å². The van der Waals surface area contributed by atoms with E-state index in [4.69, 9.17) is 10.2 Å². The maximum absolute atomic E-state index is 8.61. The molecule has 0 saturated carbocycles. The van der Waals surface area contributed by atoms with Crippen molar-refractivity contribution in [1.82, 2.24) is 10.3 Å². The van der Waals surface area contributed by atoms with Crippen LogP contribution in [0.25, 0.3) is 0 Å². The number of aliphatic hydroxyl groups excluding tert-OH is 2. The normalized spacial score (nSPS) is 8.27. The minimum atomic E-state index is -0.500. The van der Waals surface area contributed by atoms with Crippen LogP contribution in [0.3, 0.4) is 0 Å². The van der Waals surface area contributed by atoms with Crippen molar-refractivity contribution in [3.63, 3.8) is 0 Å². The van der Waals surface area contributed by atoms with Crippen LogP contribution in [0.5, 0.6) is 0 Å². The number of nitrogens with zero attached hydrogens (tertiary/aromatic N) is 1. The first-order valence-electron chi connectivity index (χ1n) is 3.86. The molecule has 0 aliphatic carbocycles. The molecule has 0 aliphatic rings. The zero-order chi connectivity index (χ0) is 11.7. The third-order valence-electron chi connectivity index (χ3n) is 1.17.